The van der Waals surface area contributed by atoms with Crippen LogP contribution in [0.5, 0.6) is 0 Å². The van der Waals surface area contributed by atoms with Gasteiger partial charge in [-0.05, 0) is 46.2 Å². The van der Waals surface area contributed by atoms with Crippen molar-refractivity contribution in [2.24, 2.45) is 5.41 Å². The number of hydrogen-bond acceptors (Lipinski definition) is 3. The van der Waals surface area contributed by atoms with E-state index in [-0.39, 0.29) is 30.1 Å². The largest absolute Gasteiger partial charge is 0.396 e. The molecule has 0 spiro atoms. The summed E-state index contributed by atoms with van der Waals surface area (Å²) in [6.07, 6.45) is 1.50. The first kappa shape index (κ1) is 18.2. The van der Waals surface area contributed by atoms with Crippen molar-refractivity contribution in [2.75, 3.05) is 27.2 Å². The molecular weight excluding hydrogens is 242 g/mol. The van der Waals surface area contributed by atoms with Crippen molar-refractivity contribution in [3.63, 3.8) is 0 Å². The minimum Gasteiger partial charge on any atom is -0.396 e. The van der Waals surface area contributed by atoms with Crippen molar-refractivity contribution in [2.45, 2.75) is 52.6 Å². The minimum atomic E-state index is -0.134. The molecule has 0 rings (SSSR count). The number of aliphatic hydroxyl groups is 1. The molecule has 0 aliphatic rings. The van der Waals surface area contributed by atoms with Crippen molar-refractivity contribution in [1.82, 2.24) is 15.5 Å². The normalized spacial score (nSPS) is 15.2. The lowest BCUT2D eigenvalue weighted by atomic mass is 9.85. The first-order chi connectivity index (χ1) is 8.69. The van der Waals surface area contributed by atoms with E-state index >= 15 is 0 Å². The highest BCUT2D eigenvalue weighted by Gasteiger charge is 2.27. The Balaban J connectivity index is 4.17. The average Bonchev–Trinajstić information content (AvgIpc) is 2.24. The van der Waals surface area contributed by atoms with Crippen LogP contribution in [-0.4, -0.2) is 55.4 Å². The van der Waals surface area contributed by atoms with Gasteiger partial charge in [0.2, 0.25) is 0 Å². The Morgan fingerprint density at radius 2 is 1.84 bits per heavy atom. The zero-order valence-corrected chi connectivity index (χ0v) is 13.3. The molecule has 2 atom stereocenters. The van der Waals surface area contributed by atoms with Gasteiger partial charge in [0.1, 0.15) is 0 Å². The molecule has 0 aliphatic carbocycles. The second-order valence-corrected chi connectivity index (χ2v) is 6.33. The van der Waals surface area contributed by atoms with Crippen molar-refractivity contribution >= 4 is 6.03 Å². The number of amides is 2. The summed E-state index contributed by atoms with van der Waals surface area (Å²) in [4.78, 5) is 14.0. The van der Waals surface area contributed by atoms with E-state index in [4.69, 9.17) is 5.11 Å². The summed E-state index contributed by atoms with van der Waals surface area (Å²) < 4.78 is 0. The number of nitrogens with one attached hydrogen (secondary N) is 2. The van der Waals surface area contributed by atoms with Crippen LogP contribution in [0.2, 0.25) is 0 Å². The fourth-order valence-corrected chi connectivity index (χ4v) is 2.08. The van der Waals surface area contributed by atoms with Gasteiger partial charge in [0, 0.05) is 25.2 Å². The number of carbonyl (C=O) groups excluding carboxylic acids is 1. The van der Waals surface area contributed by atoms with Gasteiger partial charge in [-0.2, -0.15) is 0 Å². The molecule has 0 aromatic rings. The summed E-state index contributed by atoms with van der Waals surface area (Å²) >= 11 is 0. The van der Waals surface area contributed by atoms with Gasteiger partial charge in [0.05, 0.1) is 0 Å². The number of nitrogens with zero attached hydrogens (tertiary/aromatic N) is 1. The summed E-state index contributed by atoms with van der Waals surface area (Å²) in [7, 11) is 4.07. The number of aliphatic hydroxyl groups excluding tert-OH is 1. The average molecular weight is 273 g/mol. The molecule has 0 aromatic carbocycles. The summed E-state index contributed by atoms with van der Waals surface area (Å²) in [5.74, 6) is 0. The maximum atomic E-state index is 11.9. The Morgan fingerprint density at radius 1 is 1.26 bits per heavy atom. The second kappa shape index (κ2) is 8.38. The molecule has 0 aliphatic heterocycles. The lowest BCUT2D eigenvalue weighted by Gasteiger charge is -2.35. The third-order valence-electron chi connectivity index (χ3n) is 3.42. The highest BCUT2D eigenvalue weighted by atomic mass is 16.3. The standard InChI is InChI=1S/C14H31N3O2/c1-11(8-7-9-18)15-13(19)16-12(2)14(3,4)10-17(5)6/h11-12,18H,7-10H2,1-6H3,(H2,15,16,19). The Morgan fingerprint density at radius 3 is 2.32 bits per heavy atom. The van der Waals surface area contributed by atoms with Gasteiger partial charge in [-0.1, -0.05) is 13.8 Å². The van der Waals surface area contributed by atoms with Gasteiger partial charge in [-0.25, -0.2) is 4.79 Å². The molecule has 19 heavy (non-hydrogen) atoms. The van der Waals surface area contributed by atoms with Gasteiger partial charge < -0.3 is 20.6 Å². The van der Waals surface area contributed by atoms with E-state index in [9.17, 15) is 4.79 Å². The molecule has 0 saturated carbocycles. The zero-order valence-electron chi connectivity index (χ0n) is 13.3. The van der Waals surface area contributed by atoms with Crippen LogP contribution in [0.25, 0.3) is 0 Å². The zero-order chi connectivity index (χ0) is 15.1. The van der Waals surface area contributed by atoms with Gasteiger partial charge in [0.25, 0.3) is 0 Å². The smallest absolute Gasteiger partial charge is 0.315 e. The van der Waals surface area contributed by atoms with E-state index in [1.165, 1.54) is 0 Å². The van der Waals surface area contributed by atoms with E-state index in [1.807, 2.05) is 27.9 Å². The van der Waals surface area contributed by atoms with E-state index in [0.717, 1.165) is 13.0 Å². The topological polar surface area (TPSA) is 64.6 Å². The van der Waals surface area contributed by atoms with Gasteiger partial charge in [0.15, 0.2) is 0 Å². The van der Waals surface area contributed by atoms with Crippen LogP contribution < -0.4 is 10.6 Å². The first-order valence-electron chi connectivity index (χ1n) is 7.01. The fourth-order valence-electron chi connectivity index (χ4n) is 2.08. The highest BCUT2D eigenvalue weighted by molar-refractivity contribution is 5.74. The Hall–Kier alpha value is -0.810. The van der Waals surface area contributed by atoms with E-state index in [1.54, 1.807) is 0 Å². The van der Waals surface area contributed by atoms with Gasteiger partial charge >= 0.3 is 6.03 Å². The Bertz CT molecular complexity index is 267. The van der Waals surface area contributed by atoms with Crippen molar-refractivity contribution < 1.29 is 9.90 Å². The summed E-state index contributed by atoms with van der Waals surface area (Å²) in [5, 5.41) is 14.6. The van der Waals surface area contributed by atoms with E-state index in [0.29, 0.717) is 6.42 Å². The van der Waals surface area contributed by atoms with E-state index in [2.05, 4.69) is 29.4 Å². The number of rotatable bonds is 8. The van der Waals surface area contributed by atoms with Crippen molar-refractivity contribution in [3.05, 3.63) is 0 Å². The number of carbonyl (C=O) groups is 1. The molecule has 5 heteroatoms. The number of urea groups is 1. The quantitative estimate of drug-likeness (QED) is 0.627. The van der Waals surface area contributed by atoms with Gasteiger partial charge in [-0.15, -0.1) is 0 Å². The first-order valence-corrected chi connectivity index (χ1v) is 7.01. The molecule has 3 N–H and O–H groups in total. The molecule has 0 aromatic heterocycles. The lowest BCUT2D eigenvalue weighted by molar-refractivity contribution is 0.178. The number of hydrogen-bond donors (Lipinski definition) is 3. The molecule has 0 saturated heterocycles. The van der Waals surface area contributed by atoms with Crippen molar-refractivity contribution in [1.29, 1.82) is 0 Å². The lowest BCUT2D eigenvalue weighted by Crippen LogP contribution is -2.51. The van der Waals surface area contributed by atoms with Gasteiger partial charge in [-0.3, -0.25) is 0 Å². The van der Waals surface area contributed by atoms with Crippen LogP contribution in [0.3, 0.4) is 0 Å². The molecular formula is C14H31N3O2. The minimum absolute atomic E-state index is 0.00910. The monoisotopic (exact) mass is 273 g/mol. The summed E-state index contributed by atoms with van der Waals surface area (Å²) in [6, 6.07) is 0.0287. The van der Waals surface area contributed by atoms with E-state index < -0.39 is 0 Å². The molecule has 0 radical (unpaired) electrons. The SMILES string of the molecule is CC(CCCO)NC(=O)NC(C)C(C)(C)CN(C)C. The third kappa shape index (κ3) is 8.06. The van der Waals surface area contributed by atoms with Crippen molar-refractivity contribution in [3.8, 4) is 0 Å². The molecule has 0 bridgehead atoms. The highest BCUT2D eigenvalue weighted by Crippen LogP contribution is 2.21. The van der Waals surface area contributed by atoms with Crippen LogP contribution in [0, 0.1) is 5.41 Å². The predicted octanol–water partition coefficient (Wildman–Crippen LogP) is 1.42. The molecule has 5 nitrogen and oxygen atoms in total. The Labute approximate surface area is 117 Å². The molecule has 114 valence electrons. The maximum absolute atomic E-state index is 11.9. The maximum Gasteiger partial charge on any atom is 0.315 e. The molecule has 0 fully saturated rings. The predicted molar refractivity (Wildman–Crippen MR) is 79.2 cm³/mol. The van der Waals surface area contributed by atoms with Crippen LogP contribution >= 0.6 is 0 Å². The second-order valence-electron chi connectivity index (χ2n) is 6.33. The van der Waals surface area contributed by atoms with Crippen LogP contribution in [0.15, 0.2) is 0 Å². The summed E-state index contributed by atoms with van der Waals surface area (Å²) in [6.45, 7) is 9.35. The fraction of sp³-hybridized carbons (Fsp3) is 0.929. The Kier molecular flexibility index (Phi) is 8.02. The van der Waals surface area contributed by atoms with Crippen LogP contribution in [0.4, 0.5) is 4.79 Å². The molecule has 0 heterocycles. The summed E-state index contributed by atoms with van der Waals surface area (Å²) in [5.41, 5.74) is 0.00910. The van der Waals surface area contributed by atoms with Crippen LogP contribution in [0.1, 0.15) is 40.5 Å². The molecule has 2 unspecified atom stereocenters. The molecule has 2 amide bonds. The third-order valence-corrected chi connectivity index (χ3v) is 3.42. The van der Waals surface area contributed by atoms with Crippen LogP contribution in [-0.2, 0) is 0 Å².